The van der Waals surface area contributed by atoms with Gasteiger partial charge in [-0.25, -0.2) is 0 Å². The van der Waals surface area contributed by atoms with Crippen molar-refractivity contribution < 1.29 is 9.47 Å². The van der Waals surface area contributed by atoms with Crippen molar-refractivity contribution in [3.8, 4) is 0 Å². The number of ether oxygens (including phenoxy) is 2. The number of unbranched alkanes of at least 4 members (excludes halogenated alkanes) is 1. The molecule has 0 aliphatic carbocycles. The molecule has 5 heteroatoms. The minimum absolute atomic E-state index is 0.669. The molecule has 0 amide bonds. The van der Waals surface area contributed by atoms with Gasteiger partial charge >= 0.3 is 0 Å². The Balaban J connectivity index is 1.62. The average molecular weight is 311 g/mol. The van der Waals surface area contributed by atoms with Gasteiger partial charge in [-0.3, -0.25) is 0 Å². The summed E-state index contributed by atoms with van der Waals surface area (Å²) in [6, 6.07) is 5.95. The fourth-order valence-electron chi connectivity index (χ4n) is 2.23. The maximum Gasteiger partial charge on any atom is 0.0700 e. The predicted octanol–water partition coefficient (Wildman–Crippen LogP) is 3.35. The molecule has 0 radical (unpaired) electrons. The lowest BCUT2D eigenvalue weighted by Gasteiger charge is -2.05. The van der Waals surface area contributed by atoms with Crippen molar-refractivity contribution in [3.63, 3.8) is 0 Å². The van der Waals surface area contributed by atoms with Crippen LogP contribution in [0.3, 0.4) is 0 Å². The van der Waals surface area contributed by atoms with Crippen LogP contribution in [0.1, 0.15) is 18.4 Å². The summed E-state index contributed by atoms with van der Waals surface area (Å²) in [5.74, 6) is 0. The van der Waals surface area contributed by atoms with Gasteiger partial charge in [0.15, 0.2) is 0 Å². The largest absolute Gasteiger partial charge is 0.382 e. The van der Waals surface area contributed by atoms with Gasteiger partial charge < -0.3 is 19.8 Å². The zero-order valence-corrected chi connectivity index (χ0v) is 13.2. The molecule has 0 saturated heterocycles. The van der Waals surface area contributed by atoms with E-state index in [1.54, 1.807) is 7.11 Å². The van der Waals surface area contributed by atoms with Crippen molar-refractivity contribution >= 4 is 22.5 Å². The molecule has 0 aliphatic heterocycles. The van der Waals surface area contributed by atoms with Gasteiger partial charge in [0.05, 0.1) is 13.2 Å². The van der Waals surface area contributed by atoms with Gasteiger partial charge in [-0.15, -0.1) is 0 Å². The van der Waals surface area contributed by atoms with E-state index in [0.29, 0.717) is 13.2 Å². The van der Waals surface area contributed by atoms with Crippen molar-refractivity contribution in [1.29, 1.82) is 0 Å². The molecular formula is C16H23ClN2O2. The van der Waals surface area contributed by atoms with Crippen LogP contribution in [0.2, 0.25) is 5.02 Å². The molecule has 4 nitrogen and oxygen atoms in total. The van der Waals surface area contributed by atoms with E-state index in [1.807, 2.05) is 18.3 Å². The van der Waals surface area contributed by atoms with E-state index in [2.05, 4.69) is 16.4 Å². The minimum Gasteiger partial charge on any atom is -0.382 e. The van der Waals surface area contributed by atoms with Crippen molar-refractivity contribution in [1.82, 2.24) is 10.3 Å². The van der Waals surface area contributed by atoms with Gasteiger partial charge in [0.2, 0.25) is 0 Å². The van der Waals surface area contributed by atoms with Crippen molar-refractivity contribution in [2.24, 2.45) is 0 Å². The Labute approximate surface area is 130 Å². The summed E-state index contributed by atoms with van der Waals surface area (Å²) >= 11 is 5.98. The molecule has 0 fully saturated rings. The number of halogens is 1. The predicted molar refractivity (Wildman–Crippen MR) is 86.9 cm³/mol. The third-order valence-corrected chi connectivity index (χ3v) is 3.60. The van der Waals surface area contributed by atoms with Crippen LogP contribution in [-0.4, -0.2) is 38.5 Å². The van der Waals surface area contributed by atoms with Crippen LogP contribution in [-0.2, 0) is 16.0 Å². The van der Waals surface area contributed by atoms with Gasteiger partial charge in [-0.2, -0.15) is 0 Å². The normalized spacial score (nSPS) is 11.3. The second kappa shape index (κ2) is 9.05. The molecule has 2 rings (SSSR count). The molecule has 2 N–H and O–H groups in total. The molecule has 1 aromatic carbocycles. The van der Waals surface area contributed by atoms with E-state index in [4.69, 9.17) is 21.1 Å². The lowest BCUT2D eigenvalue weighted by atomic mass is 10.2. The van der Waals surface area contributed by atoms with E-state index in [-0.39, 0.29) is 0 Å². The van der Waals surface area contributed by atoms with E-state index in [1.165, 1.54) is 10.9 Å². The van der Waals surface area contributed by atoms with E-state index in [9.17, 15) is 0 Å². The highest BCUT2D eigenvalue weighted by Crippen LogP contribution is 2.21. The third-order valence-electron chi connectivity index (χ3n) is 3.37. The van der Waals surface area contributed by atoms with Crippen molar-refractivity contribution in [2.75, 3.05) is 33.5 Å². The first-order chi connectivity index (χ1) is 10.3. The number of hydrogen-bond acceptors (Lipinski definition) is 3. The second-order valence-electron chi connectivity index (χ2n) is 4.99. The van der Waals surface area contributed by atoms with Crippen LogP contribution in [0, 0.1) is 0 Å². The highest BCUT2D eigenvalue weighted by atomic mass is 35.5. The molecule has 1 heterocycles. The Morgan fingerprint density at radius 1 is 1.19 bits per heavy atom. The third kappa shape index (κ3) is 5.32. The highest BCUT2D eigenvalue weighted by Gasteiger charge is 2.03. The number of fused-ring (bicyclic) bond motifs is 1. The van der Waals surface area contributed by atoms with Crippen LogP contribution in [0.4, 0.5) is 0 Å². The number of nitrogens with one attached hydrogen (secondary N) is 2. The summed E-state index contributed by atoms with van der Waals surface area (Å²) in [7, 11) is 1.69. The first-order valence-corrected chi connectivity index (χ1v) is 7.72. The molecule has 0 unspecified atom stereocenters. The molecule has 1 aromatic heterocycles. The molecule has 0 bridgehead atoms. The molecule has 0 aliphatic rings. The number of H-pyrrole nitrogens is 1. The van der Waals surface area contributed by atoms with Crippen LogP contribution < -0.4 is 5.32 Å². The lowest BCUT2D eigenvalue weighted by molar-refractivity contribution is 0.0688. The second-order valence-corrected chi connectivity index (χ2v) is 5.43. The fourth-order valence-corrected chi connectivity index (χ4v) is 2.40. The Hall–Kier alpha value is -1.07. The number of aromatic amines is 1. The van der Waals surface area contributed by atoms with E-state index < -0.39 is 0 Å². The van der Waals surface area contributed by atoms with Gasteiger partial charge in [0.25, 0.3) is 0 Å². The zero-order chi connectivity index (χ0) is 14.9. The molecule has 0 spiro atoms. The van der Waals surface area contributed by atoms with Crippen molar-refractivity contribution in [3.05, 3.63) is 35.0 Å². The average Bonchev–Trinajstić information content (AvgIpc) is 2.88. The number of aromatic nitrogens is 1. The molecule has 21 heavy (non-hydrogen) atoms. The quantitative estimate of drug-likeness (QED) is 0.662. The number of methoxy groups -OCH3 is 1. The van der Waals surface area contributed by atoms with Crippen LogP contribution in [0.5, 0.6) is 0 Å². The summed E-state index contributed by atoms with van der Waals surface area (Å²) in [6.45, 7) is 4.02. The monoisotopic (exact) mass is 310 g/mol. The smallest absolute Gasteiger partial charge is 0.0700 e. The Kier molecular flexibility index (Phi) is 7.03. The topological polar surface area (TPSA) is 46.3 Å². The summed E-state index contributed by atoms with van der Waals surface area (Å²) in [5.41, 5.74) is 2.36. The molecule has 0 saturated carbocycles. The minimum atomic E-state index is 0.669. The molecule has 0 atom stereocenters. The molecule has 2 aromatic rings. The van der Waals surface area contributed by atoms with Crippen LogP contribution >= 0.6 is 11.6 Å². The van der Waals surface area contributed by atoms with Crippen LogP contribution in [0.25, 0.3) is 10.9 Å². The summed E-state index contributed by atoms with van der Waals surface area (Å²) in [5, 5.41) is 5.46. The summed E-state index contributed by atoms with van der Waals surface area (Å²) in [6.07, 6.45) is 4.23. The highest BCUT2D eigenvalue weighted by molar-refractivity contribution is 6.31. The van der Waals surface area contributed by atoms with Crippen molar-refractivity contribution in [2.45, 2.75) is 19.4 Å². The van der Waals surface area contributed by atoms with Crippen LogP contribution in [0.15, 0.2) is 24.4 Å². The standard InChI is InChI=1S/C16H23ClN2O2/c1-20-8-9-21-7-3-2-6-18-11-13-12-19-16-10-14(17)4-5-15(13)16/h4-5,10,12,18-19H,2-3,6-9,11H2,1H3. The maximum absolute atomic E-state index is 5.98. The Bertz CT molecular complexity index is 542. The van der Waals surface area contributed by atoms with Gasteiger partial charge in [-0.1, -0.05) is 17.7 Å². The summed E-state index contributed by atoms with van der Waals surface area (Å²) < 4.78 is 10.3. The van der Waals surface area contributed by atoms with E-state index in [0.717, 1.165) is 43.1 Å². The SMILES string of the molecule is COCCOCCCCNCc1c[nH]c2cc(Cl)ccc12. The first-order valence-electron chi connectivity index (χ1n) is 7.34. The Morgan fingerprint density at radius 3 is 2.95 bits per heavy atom. The number of hydrogen-bond donors (Lipinski definition) is 2. The molecular weight excluding hydrogens is 288 g/mol. The van der Waals surface area contributed by atoms with Gasteiger partial charge in [-0.05, 0) is 37.1 Å². The van der Waals surface area contributed by atoms with Gasteiger partial charge in [0, 0.05) is 42.4 Å². The number of benzene rings is 1. The zero-order valence-electron chi connectivity index (χ0n) is 12.5. The Morgan fingerprint density at radius 2 is 2.10 bits per heavy atom. The first kappa shape index (κ1) is 16.3. The van der Waals surface area contributed by atoms with Gasteiger partial charge in [0.1, 0.15) is 0 Å². The number of rotatable bonds is 10. The fraction of sp³-hybridized carbons (Fsp3) is 0.500. The van der Waals surface area contributed by atoms with E-state index >= 15 is 0 Å². The summed E-state index contributed by atoms with van der Waals surface area (Å²) in [4.78, 5) is 3.25. The maximum atomic E-state index is 5.98. The molecule has 116 valence electrons. The lowest BCUT2D eigenvalue weighted by Crippen LogP contribution is -2.15.